The molecule has 2 aromatic carbocycles. The van der Waals surface area contributed by atoms with E-state index >= 15 is 0 Å². The average Bonchev–Trinajstić information content (AvgIpc) is 3.43. The maximum atomic E-state index is 13.7. The number of alkyl halides is 3. The summed E-state index contributed by atoms with van der Waals surface area (Å²) in [5, 5.41) is 11.4. The zero-order chi connectivity index (χ0) is 31.8. The first-order chi connectivity index (χ1) is 21.7. The molecule has 0 saturated carbocycles. The fourth-order valence-corrected chi connectivity index (χ4v) is 6.01. The van der Waals surface area contributed by atoms with Crippen LogP contribution in [0.5, 0.6) is 5.75 Å². The SMILES string of the molecule is COCCn1cc(-c2ccc(NCC#CC3=Cc4c(cccc4NC4CCN(C)CC4)CCC3CC(F)(F)F)c(OC)c2)cn1. The summed E-state index contributed by atoms with van der Waals surface area (Å²) in [5.41, 5.74) is 6.18. The first-order valence-corrected chi connectivity index (χ1v) is 15.5. The number of ether oxygens (including phenoxy) is 2. The van der Waals surface area contributed by atoms with E-state index in [9.17, 15) is 13.2 Å². The van der Waals surface area contributed by atoms with Crippen LogP contribution in [0.15, 0.2) is 54.4 Å². The number of rotatable bonds is 10. The Labute approximate surface area is 263 Å². The topological polar surface area (TPSA) is 63.6 Å². The molecule has 0 radical (unpaired) electrons. The molecule has 0 bridgehead atoms. The molecule has 2 heterocycles. The fraction of sp³-hybridized carbons (Fsp3) is 0.457. The van der Waals surface area contributed by atoms with Crippen LogP contribution in [0.2, 0.25) is 0 Å². The minimum Gasteiger partial charge on any atom is -0.495 e. The number of aryl methyl sites for hydroxylation is 1. The Morgan fingerprint density at radius 1 is 1.04 bits per heavy atom. The van der Waals surface area contributed by atoms with Crippen molar-refractivity contribution < 1.29 is 22.6 Å². The quantitative estimate of drug-likeness (QED) is 0.245. The molecule has 0 spiro atoms. The molecule has 1 aliphatic carbocycles. The largest absolute Gasteiger partial charge is 0.495 e. The maximum Gasteiger partial charge on any atom is 0.389 e. The monoisotopic (exact) mass is 621 g/mol. The molecule has 1 fully saturated rings. The minimum atomic E-state index is -4.27. The number of fused-ring (bicyclic) bond motifs is 1. The van der Waals surface area contributed by atoms with Crippen LogP contribution in [0.25, 0.3) is 17.2 Å². The van der Waals surface area contributed by atoms with Gasteiger partial charge in [0.05, 0.1) is 45.1 Å². The van der Waals surface area contributed by atoms with E-state index in [0.29, 0.717) is 43.4 Å². The van der Waals surface area contributed by atoms with Gasteiger partial charge in [0.2, 0.25) is 0 Å². The number of halogens is 3. The number of piperidine rings is 1. The number of nitrogens with one attached hydrogen (secondary N) is 2. The molecule has 3 aromatic rings. The minimum absolute atomic E-state index is 0.253. The molecule has 1 unspecified atom stereocenters. The third kappa shape index (κ3) is 8.83. The second-order valence-electron chi connectivity index (χ2n) is 11.8. The number of nitrogens with zero attached hydrogens (tertiary/aromatic N) is 3. The maximum absolute atomic E-state index is 13.7. The Kier molecular flexibility index (Phi) is 10.7. The van der Waals surface area contributed by atoms with Gasteiger partial charge in [0.1, 0.15) is 5.75 Å². The standard InChI is InChI=1S/C35H42F3N5O2/c1-42-16-13-30(14-17-42)41-32-8-4-6-25-9-10-28(22-35(36,37)38)26(20-31(25)32)7-5-15-39-33-12-11-27(21-34(33)45-3)29-23-40-43(24-29)18-19-44-2/h4,6,8,11-12,20-21,23-24,28,30,39,41H,9-10,13-19,22H2,1-3H3. The summed E-state index contributed by atoms with van der Waals surface area (Å²) in [4.78, 5) is 2.32. The molecule has 1 aliphatic heterocycles. The lowest BCUT2D eigenvalue weighted by atomic mass is 9.91. The van der Waals surface area contributed by atoms with Crippen molar-refractivity contribution in [1.29, 1.82) is 0 Å². The molecule has 45 heavy (non-hydrogen) atoms. The van der Waals surface area contributed by atoms with Crippen LogP contribution in [0.4, 0.5) is 24.5 Å². The molecule has 240 valence electrons. The van der Waals surface area contributed by atoms with Gasteiger partial charge in [0, 0.05) is 47.7 Å². The van der Waals surface area contributed by atoms with E-state index in [1.807, 2.05) is 53.4 Å². The van der Waals surface area contributed by atoms with E-state index in [1.54, 1.807) is 20.4 Å². The highest BCUT2D eigenvalue weighted by Crippen LogP contribution is 2.38. The van der Waals surface area contributed by atoms with E-state index in [1.165, 1.54) is 0 Å². The number of methoxy groups -OCH3 is 2. The van der Waals surface area contributed by atoms with Gasteiger partial charge in [-0.15, -0.1) is 0 Å². The summed E-state index contributed by atoms with van der Waals surface area (Å²) in [6.45, 7) is 3.53. The highest BCUT2D eigenvalue weighted by Gasteiger charge is 2.34. The van der Waals surface area contributed by atoms with Gasteiger partial charge in [-0.3, -0.25) is 4.68 Å². The number of aromatic nitrogens is 2. The summed E-state index contributed by atoms with van der Waals surface area (Å²) in [6, 6.07) is 12.2. The van der Waals surface area contributed by atoms with Gasteiger partial charge in [0.15, 0.2) is 0 Å². The first kappa shape index (κ1) is 32.5. The predicted molar refractivity (Wildman–Crippen MR) is 173 cm³/mol. The summed E-state index contributed by atoms with van der Waals surface area (Å²) < 4.78 is 53.6. The highest BCUT2D eigenvalue weighted by molar-refractivity contribution is 5.74. The number of benzene rings is 2. The first-order valence-electron chi connectivity index (χ1n) is 15.5. The van der Waals surface area contributed by atoms with E-state index < -0.39 is 18.5 Å². The molecule has 10 heteroatoms. The van der Waals surface area contributed by atoms with Gasteiger partial charge in [-0.1, -0.05) is 30.0 Å². The summed E-state index contributed by atoms with van der Waals surface area (Å²) in [6.07, 6.45) is 3.52. The zero-order valence-electron chi connectivity index (χ0n) is 26.2. The normalized spacial score (nSPS) is 17.5. The Bertz CT molecular complexity index is 1530. The van der Waals surface area contributed by atoms with Crippen molar-refractivity contribution in [3.63, 3.8) is 0 Å². The molecule has 0 amide bonds. The Hall–Kier alpha value is -3.94. The van der Waals surface area contributed by atoms with Gasteiger partial charge in [-0.25, -0.2) is 0 Å². The zero-order valence-corrected chi connectivity index (χ0v) is 26.2. The molecule has 1 atom stereocenters. The molecule has 5 rings (SSSR count). The van der Waals surface area contributed by atoms with Crippen LogP contribution in [-0.4, -0.2) is 74.4 Å². The van der Waals surface area contributed by atoms with Crippen molar-refractivity contribution in [2.24, 2.45) is 5.92 Å². The number of anilines is 2. The van der Waals surface area contributed by atoms with E-state index in [2.05, 4.69) is 39.5 Å². The molecule has 7 nitrogen and oxygen atoms in total. The van der Waals surface area contributed by atoms with Crippen LogP contribution in [0.3, 0.4) is 0 Å². The summed E-state index contributed by atoms with van der Waals surface area (Å²) in [7, 11) is 5.38. The highest BCUT2D eigenvalue weighted by atomic mass is 19.4. The number of hydrogen-bond donors (Lipinski definition) is 2. The lowest BCUT2D eigenvalue weighted by Gasteiger charge is -2.30. The van der Waals surface area contributed by atoms with Gasteiger partial charge in [-0.2, -0.15) is 18.3 Å². The number of hydrogen-bond acceptors (Lipinski definition) is 6. The predicted octanol–water partition coefficient (Wildman–Crippen LogP) is 6.72. The van der Waals surface area contributed by atoms with E-state index in [-0.39, 0.29) is 6.54 Å². The Balaban J connectivity index is 1.34. The van der Waals surface area contributed by atoms with Crippen LogP contribution >= 0.6 is 0 Å². The van der Waals surface area contributed by atoms with Crippen molar-refractivity contribution in [2.75, 3.05) is 58.1 Å². The van der Waals surface area contributed by atoms with Crippen LogP contribution in [0.1, 0.15) is 36.8 Å². The third-order valence-electron chi connectivity index (χ3n) is 8.55. The molecular formula is C35H42F3N5O2. The second-order valence-corrected chi connectivity index (χ2v) is 11.8. The van der Waals surface area contributed by atoms with Gasteiger partial charge < -0.3 is 25.0 Å². The van der Waals surface area contributed by atoms with Crippen LogP contribution in [0, 0.1) is 17.8 Å². The summed E-state index contributed by atoms with van der Waals surface area (Å²) >= 11 is 0. The second kappa shape index (κ2) is 14.9. The molecule has 2 N–H and O–H groups in total. The average molecular weight is 622 g/mol. The Morgan fingerprint density at radius 3 is 2.62 bits per heavy atom. The number of allylic oxidation sites excluding steroid dienone is 1. The third-order valence-corrected chi connectivity index (χ3v) is 8.55. The van der Waals surface area contributed by atoms with Crippen LogP contribution < -0.4 is 15.4 Å². The van der Waals surface area contributed by atoms with Crippen molar-refractivity contribution in [3.05, 3.63) is 65.5 Å². The molecule has 1 saturated heterocycles. The van der Waals surface area contributed by atoms with Gasteiger partial charge in [-0.05, 0) is 81.2 Å². The Morgan fingerprint density at radius 2 is 1.87 bits per heavy atom. The smallest absolute Gasteiger partial charge is 0.389 e. The summed E-state index contributed by atoms with van der Waals surface area (Å²) in [5.74, 6) is 6.17. The molecular weight excluding hydrogens is 579 g/mol. The van der Waals surface area contributed by atoms with Gasteiger partial charge in [0.25, 0.3) is 0 Å². The van der Waals surface area contributed by atoms with Crippen molar-refractivity contribution in [2.45, 2.75) is 50.9 Å². The van der Waals surface area contributed by atoms with Crippen molar-refractivity contribution in [1.82, 2.24) is 14.7 Å². The lowest BCUT2D eigenvalue weighted by Crippen LogP contribution is -2.36. The molecule has 1 aromatic heterocycles. The fourth-order valence-electron chi connectivity index (χ4n) is 6.01. The van der Waals surface area contributed by atoms with E-state index in [4.69, 9.17) is 9.47 Å². The number of likely N-dealkylation sites (tertiary alicyclic amines) is 1. The van der Waals surface area contributed by atoms with Crippen molar-refractivity contribution in [3.8, 4) is 28.7 Å². The lowest BCUT2D eigenvalue weighted by molar-refractivity contribution is -0.141. The van der Waals surface area contributed by atoms with Gasteiger partial charge >= 0.3 is 6.18 Å². The van der Waals surface area contributed by atoms with E-state index in [0.717, 1.165) is 59.6 Å². The molecule has 2 aliphatic rings. The van der Waals surface area contributed by atoms with Crippen molar-refractivity contribution >= 4 is 17.5 Å². The van der Waals surface area contributed by atoms with Crippen LogP contribution in [-0.2, 0) is 17.7 Å².